The van der Waals surface area contributed by atoms with Gasteiger partial charge in [0.1, 0.15) is 5.75 Å². The minimum atomic E-state index is -0.0718. The van der Waals surface area contributed by atoms with Crippen molar-refractivity contribution in [2.45, 2.75) is 19.9 Å². The number of allylic oxidation sites excluding steroid dienone is 1. The van der Waals surface area contributed by atoms with E-state index in [1.807, 2.05) is 31.2 Å². The van der Waals surface area contributed by atoms with E-state index in [1.165, 1.54) is 0 Å². The molecule has 0 radical (unpaired) electrons. The van der Waals surface area contributed by atoms with Crippen LogP contribution in [0, 0.1) is 5.92 Å². The number of hydrogen-bond acceptors (Lipinski definition) is 4. The summed E-state index contributed by atoms with van der Waals surface area (Å²) in [5.41, 5.74) is 8.06. The Hall–Kier alpha value is -1.85. The molecule has 5 heteroatoms. The van der Waals surface area contributed by atoms with Crippen LogP contribution in [0.3, 0.4) is 0 Å². The van der Waals surface area contributed by atoms with Crippen LogP contribution in [0.25, 0.3) is 5.57 Å². The highest BCUT2D eigenvalue weighted by atomic mass is 16.5. The quantitative estimate of drug-likeness (QED) is 0.716. The Kier molecular flexibility index (Phi) is 5.36. The van der Waals surface area contributed by atoms with Crippen LogP contribution in [-0.4, -0.2) is 32.1 Å². The van der Waals surface area contributed by atoms with Crippen LogP contribution in [0.2, 0.25) is 0 Å². The summed E-state index contributed by atoms with van der Waals surface area (Å²) in [5, 5.41) is 2.96. The highest BCUT2D eigenvalue weighted by Gasteiger charge is 2.22. The molecule has 1 amide bonds. The Labute approximate surface area is 125 Å². The van der Waals surface area contributed by atoms with Gasteiger partial charge in [0.25, 0.3) is 0 Å². The van der Waals surface area contributed by atoms with Crippen molar-refractivity contribution in [3.63, 3.8) is 0 Å². The summed E-state index contributed by atoms with van der Waals surface area (Å²) in [6.45, 7) is 5.55. The van der Waals surface area contributed by atoms with E-state index in [-0.39, 0.29) is 5.91 Å². The van der Waals surface area contributed by atoms with Gasteiger partial charge in [0.05, 0.1) is 7.11 Å². The first-order valence-corrected chi connectivity index (χ1v) is 7.19. The summed E-state index contributed by atoms with van der Waals surface area (Å²) >= 11 is 0. The van der Waals surface area contributed by atoms with Gasteiger partial charge in [-0.15, -0.1) is 0 Å². The van der Waals surface area contributed by atoms with Crippen LogP contribution >= 0.6 is 0 Å². The molecule has 0 spiro atoms. The molecule has 114 valence electrons. The number of amides is 1. The molecule has 1 aliphatic heterocycles. The number of hydrazine groups is 1. The van der Waals surface area contributed by atoms with Gasteiger partial charge in [-0.05, 0) is 25.5 Å². The van der Waals surface area contributed by atoms with Crippen molar-refractivity contribution >= 4 is 11.5 Å². The highest BCUT2D eigenvalue weighted by molar-refractivity contribution is 5.95. The molecule has 5 nitrogen and oxygen atoms in total. The van der Waals surface area contributed by atoms with E-state index in [0.29, 0.717) is 18.5 Å². The topological polar surface area (TPSA) is 62.4 Å². The van der Waals surface area contributed by atoms with Gasteiger partial charge in [-0.1, -0.05) is 18.2 Å². The van der Waals surface area contributed by atoms with Gasteiger partial charge in [0.15, 0.2) is 0 Å². The third-order valence-corrected chi connectivity index (χ3v) is 3.82. The lowest BCUT2D eigenvalue weighted by molar-refractivity contribution is -0.116. The molecular weight excluding hydrogens is 266 g/mol. The molecule has 0 saturated carbocycles. The van der Waals surface area contributed by atoms with E-state index in [1.54, 1.807) is 13.2 Å². The molecule has 1 heterocycles. The maximum Gasteiger partial charge on any atom is 0.244 e. The monoisotopic (exact) mass is 289 g/mol. The highest BCUT2D eigenvalue weighted by Crippen LogP contribution is 2.24. The van der Waals surface area contributed by atoms with E-state index >= 15 is 0 Å². The van der Waals surface area contributed by atoms with Crippen LogP contribution in [0.15, 0.2) is 30.3 Å². The minimum Gasteiger partial charge on any atom is -0.496 e. The van der Waals surface area contributed by atoms with E-state index < -0.39 is 0 Å². The average Bonchev–Trinajstić information content (AvgIpc) is 2.90. The van der Waals surface area contributed by atoms with Crippen molar-refractivity contribution < 1.29 is 9.53 Å². The van der Waals surface area contributed by atoms with Crippen molar-refractivity contribution in [2.24, 2.45) is 5.92 Å². The van der Waals surface area contributed by atoms with Crippen molar-refractivity contribution in [2.75, 3.05) is 20.2 Å². The standard InChI is InChI=1S/C16H23N3O2/c1-11(14-6-4-5-7-15(14)21-3)8-16(20)17-9-13-10-18-19-12(13)2/h4-8,12-13,18-19H,9-10H2,1-3H3,(H,17,20)/b11-8+. The molecule has 2 rings (SSSR count). The number of para-hydroxylation sites is 1. The third kappa shape index (κ3) is 4.06. The zero-order chi connectivity index (χ0) is 15.2. The fourth-order valence-corrected chi connectivity index (χ4v) is 2.42. The second-order valence-electron chi connectivity index (χ2n) is 5.35. The second kappa shape index (κ2) is 7.24. The number of rotatable bonds is 5. The first-order chi connectivity index (χ1) is 10.1. The number of ether oxygens (including phenoxy) is 1. The van der Waals surface area contributed by atoms with Gasteiger partial charge >= 0.3 is 0 Å². The summed E-state index contributed by atoms with van der Waals surface area (Å²) in [6, 6.07) is 8.05. The largest absolute Gasteiger partial charge is 0.496 e. The number of benzene rings is 1. The van der Waals surface area contributed by atoms with Crippen molar-refractivity contribution in [1.82, 2.24) is 16.2 Å². The minimum absolute atomic E-state index is 0.0718. The summed E-state index contributed by atoms with van der Waals surface area (Å²) in [4.78, 5) is 12.0. The molecular formula is C16H23N3O2. The molecule has 1 aromatic carbocycles. The van der Waals surface area contributed by atoms with Crippen LogP contribution in [0.1, 0.15) is 19.4 Å². The molecule has 1 fully saturated rings. The molecule has 21 heavy (non-hydrogen) atoms. The van der Waals surface area contributed by atoms with Crippen LogP contribution in [0.4, 0.5) is 0 Å². The summed E-state index contributed by atoms with van der Waals surface area (Å²) in [6.07, 6.45) is 1.62. The van der Waals surface area contributed by atoms with Gasteiger partial charge in [-0.25, -0.2) is 0 Å². The molecule has 0 bridgehead atoms. The van der Waals surface area contributed by atoms with E-state index in [9.17, 15) is 4.79 Å². The smallest absolute Gasteiger partial charge is 0.244 e. The Morgan fingerprint density at radius 2 is 2.24 bits per heavy atom. The average molecular weight is 289 g/mol. The summed E-state index contributed by atoms with van der Waals surface area (Å²) in [5.74, 6) is 1.11. The molecule has 1 aromatic rings. The number of hydrogen-bond donors (Lipinski definition) is 3. The van der Waals surface area contributed by atoms with E-state index in [0.717, 1.165) is 23.4 Å². The normalized spacial score (nSPS) is 22.1. The lowest BCUT2D eigenvalue weighted by Crippen LogP contribution is -2.34. The maximum atomic E-state index is 12.0. The fraction of sp³-hybridized carbons (Fsp3) is 0.438. The lowest BCUT2D eigenvalue weighted by atomic mass is 10.0. The first-order valence-electron chi connectivity index (χ1n) is 7.19. The second-order valence-corrected chi connectivity index (χ2v) is 5.35. The Balaban J connectivity index is 1.96. The fourth-order valence-electron chi connectivity index (χ4n) is 2.42. The number of nitrogens with one attached hydrogen (secondary N) is 3. The van der Waals surface area contributed by atoms with E-state index in [2.05, 4.69) is 23.1 Å². The Morgan fingerprint density at radius 1 is 1.48 bits per heavy atom. The van der Waals surface area contributed by atoms with E-state index in [4.69, 9.17) is 4.74 Å². The van der Waals surface area contributed by atoms with Gasteiger partial charge in [-0.3, -0.25) is 15.6 Å². The van der Waals surface area contributed by atoms with Gasteiger partial charge < -0.3 is 10.1 Å². The summed E-state index contributed by atoms with van der Waals surface area (Å²) < 4.78 is 5.31. The number of methoxy groups -OCH3 is 1. The van der Waals surface area contributed by atoms with Crippen molar-refractivity contribution in [3.05, 3.63) is 35.9 Å². The molecule has 0 aliphatic carbocycles. The SMILES string of the molecule is COc1ccccc1/C(C)=C/C(=O)NCC1CNNC1C. The van der Waals surface area contributed by atoms with Crippen LogP contribution in [-0.2, 0) is 4.79 Å². The van der Waals surface area contributed by atoms with Gasteiger partial charge in [0.2, 0.25) is 5.91 Å². The van der Waals surface area contributed by atoms with Gasteiger partial charge in [0, 0.05) is 36.7 Å². The molecule has 1 aliphatic rings. The molecule has 1 saturated heterocycles. The van der Waals surface area contributed by atoms with Crippen LogP contribution < -0.4 is 20.9 Å². The zero-order valence-corrected chi connectivity index (χ0v) is 12.8. The molecule has 3 N–H and O–H groups in total. The third-order valence-electron chi connectivity index (χ3n) is 3.82. The molecule has 2 unspecified atom stereocenters. The van der Waals surface area contributed by atoms with Crippen molar-refractivity contribution in [1.29, 1.82) is 0 Å². The molecule has 0 aromatic heterocycles. The van der Waals surface area contributed by atoms with Gasteiger partial charge in [-0.2, -0.15) is 0 Å². The lowest BCUT2D eigenvalue weighted by Gasteiger charge is -2.14. The first kappa shape index (κ1) is 15.5. The predicted octanol–water partition coefficient (Wildman–Crippen LogP) is 1.33. The zero-order valence-electron chi connectivity index (χ0n) is 12.8. The number of carbonyl (C=O) groups is 1. The molecule has 2 atom stereocenters. The Bertz CT molecular complexity index is 528. The summed E-state index contributed by atoms with van der Waals surface area (Å²) in [7, 11) is 1.63. The maximum absolute atomic E-state index is 12.0. The predicted molar refractivity (Wildman–Crippen MR) is 83.7 cm³/mol. The van der Waals surface area contributed by atoms with Crippen LogP contribution in [0.5, 0.6) is 5.75 Å². The van der Waals surface area contributed by atoms with Crippen molar-refractivity contribution in [3.8, 4) is 5.75 Å². The number of carbonyl (C=O) groups excluding carboxylic acids is 1. The Morgan fingerprint density at radius 3 is 2.90 bits per heavy atom.